The Morgan fingerprint density at radius 1 is 1.23 bits per heavy atom. The number of allylic oxidation sites excluding steroid dienone is 1. The number of hydrogen-bond acceptors (Lipinski definition) is 9. The van der Waals surface area contributed by atoms with E-state index in [1.54, 1.807) is 25.5 Å². The molecule has 184 valence electrons. The lowest BCUT2D eigenvalue weighted by molar-refractivity contribution is 0.445. The lowest BCUT2D eigenvalue weighted by Crippen LogP contribution is -2.49. The second-order valence-electron chi connectivity index (χ2n) is 9.21. The topological polar surface area (TPSA) is 126 Å². The number of fused-ring (bicyclic) bond motifs is 1. The van der Waals surface area contributed by atoms with Crippen molar-refractivity contribution in [2.45, 2.75) is 19.8 Å². The molecule has 0 saturated carbocycles. The molecule has 2 aromatic heterocycles. The molecule has 10 heteroatoms. The summed E-state index contributed by atoms with van der Waals surface area (Å²) in [6.07, 6.45) is 7.87. The fourth-order valence-electron chi connectivity index (χ4n) is 4.41. The predicted molar refractivity (Wildman–Crippen MR) is 143 cm³/mol. The molecule has 3 heterocycles. The van der Waals surface area contributed by atoms with Crippen LogP contribution in [-0.2, 0) is 9.84 Å². The highest BCUT2D eigenvalue weighted by Crippen LogP contribution is 2.37. The molecule has 4 rings (SSSR count). The second-order valence-corrected chi connectivity index (χ2v) is 11.4. The van der Waals surface area contributed by atoms with Crippen molar-refractivity contribution in [2.24, 2.45) is 16.6 Å². The van der Waals surface area contributed by atoms with Crippen molar-refractivity contribution in [1.29, 1.82) is 0 Å². The third-order valence-corrected chi connectivity index (χ3v) is 7.06. The van der Waals surface area contributed by atoms with E-state index in [2.05, 4.69) is 56.1 Å². The number of sulfone groups is 1. The van der Waals surface area contributed by atoms with Crippen LogP contribution in [0.3, 0.4) is 0 Å². The lowest BCUT2D eigenvalue weighted by atomic mass is 9.93. The normalized spacial score (nSPS) is 15.2. The van der Waals surface area contributed by atoms with E-state index in [0.29, 0.717) is 29.0 Å². The molecular weight excluding hydrogens is 462 g/mol. The molecule has 1 aromatic carbocycles. The van der Waals surface area contributed by atoms with Crippen molar-refractivity contribution < 1.29 is 8.42 Å². The fraction of sp³-hybridized carbons (Fsp3) is 0.360. The van der Waals surface area contributed by atoms with Gasteiger partial charge in [0.25, 0.3) is 0 Å². The molecule has 0 spiro atoms. The predicted octanol–water partition coefficient (Wildman–Crippen LogP) is 3.37. The van der Waals surface area contributed by atoms with Crippen LogP contribution in [0.5, 0.6) is 0 Å². The van der Waals surface area contributed by atoms with Crippen LogP contribution >= 0.6 is 0 Å². The smallest absolute Gasteiger partial charge is 0.164 e. The molecule has 1 fully saturated rings. The summed E-state index contributed by atoms with van der Waals surface area (Å²) in [6, 6.07) is 8.09. The Morgan fingerprint density at radius 3 is 2.66 bits per heavy atom. The van der Waals surface area contributed by atoms with Crippen molar-refractivity contribution >= 4 is 49.7 Å². The number of anilines is 3. The Kier molecular flexibility index (Phi) is 7.02. The third kappa shape index (κ3) is 5.59. The molecule has 0 bridgehead atoms. The summed E-state index contributed by atoms with van der Waals surface area (Å²) in [7, 11) is -1.31. The van der Waals surface area contributed by atoms with Gasteiger partial charge in [-0.15, -0.1) is 0 Å². The van der Waals surface area contributed by atoms with Crippen LogP contribution in [0.2, 0.25) is 0 Å². The van der Waals surface area contributed by atoms with E-state index in [9.17, 15) is 8.42 Å². The maximum absolute atomic E-state index is 11.6. The van der Waals surface area contributed by atoms with Crippen LogP contribution in [-0.4, -0.2) is 61.7 Å². The zero-order chi connectivity index (χ0) is 25.2. The summed E-state index contributed by atoms with van der Waals surface area (Å²) in [5, 5.41) is 5.44. The molecule has 9 nitrogen and oxygen atoms in total. The van der Waals surface area contributed by atoms with Crippen molar-refractivity contribution in [3.8, 4) is 0 Å². The van der Waals surface area contributed by atoms with Gasteiger partial charge in [-0.3, -0.25) is 4.99 Å². The van der Waals surface area contributed by atoms with E-state index < -0.39 is 9.84 Å². The van der Waals surface area contributed by atoms with Crippen LogP contribution in [0.4, 0.5) is 17.3 Å². The summed E-state index contributed by atoms with van der Waals surface area (Å²) in [5.41, 5.74) is 8.62. The second kappa shape index (κ2) is 9.99. The summed E-state index contributed by atoms with van der Waals surface area (Å²) < 4.78 is 23.3. The minimum absolute atomic E-state index is 0.163. The summed E-state index contributed by atoms with van der Waals surface area (Å²) in [6.45, 7) is 5.79. The Hall–Kier alpha value is -3.53. The van der Waals surface area contributed by atoms with Gasteiger partial charge in [0.1, 0.15) is 21.5 Å². The van der Waals surface area contributed by atoms with E-state index in [4.69, 9.17) is 5.73 Å². The number of rotatable bonds is 8. The monoisotopic (exact) mass is 493 g/mol. The Bertz CT molecular complexity index is 1390. The number of aliphatic imine (C=N–C) groups is 1. The van der Waals surface area contributed by atoms with Gasteiger partial charge in [-0.25, -0.2) is 23.4 Å². The molecule has 3 N–H and O–H groups in total. The van der Waals surface area contributed by atoms with Gasteiger partial charge >= 0.3 is 0 Å². The standard InChI is InChI=1S/C25H31N7O2S/c1-16(2)19-5-6-22(32-13-17(14-32)15-35(4,33)34)21-12-29-24(9-20(19)21)30-23-7-8-28-25(31-23)18(10-26)11-27-3/h5-12,16-17H,13-15,26H2,1-4H3,(H,28,29,30,31). The van der Waals surface area contributed by atoms with Crippen LogP contribution in [0.15, 0.2) is 47.9 Å². The van der Waals surface area contributed by atoms with Crippen LogP contribution in [0.1, 0.15) is 31.2 Å². The summed E-state index contributed by atoms with van der Waals surface area (Å²) in [4.78, 5) is 19.7. The third-order valence-electron chi connectivity index (χ3n) is 5.99. The van der Waals surface area contributed by atoms with Gasteiger partial charge in [-0.1, -0.05) is 19.9 Å². The van der Waals surface area contributed by atoms with E-state index in [1.807, 2.05) is 12.3 Å². The largest absolute Gasteiger partial charge is 0.404 e. The number of nitrogens with one attached hydrogen (secondary N) is 1. The fourth-order valence-corrected chi connectivity index (χ4v) is 5.47. The lowest BCUT2D eigenvalue weighted by Gasteiger charge is -2.41. The van der Waals surface area contributed by atoms with Gasteiger partial charge < -0.3 is 16.0 Å². The molecule has 3 aromatic rings. The molecule has 0 atom stereocenters. The number of hydrogen-bond donors (Lipinski definition) is 2. The average molecular weight is 494 g/mol. The van der Waals surface area contributed by atoms with Crippen molar-refractivity contribution in [3.63, 3.8) is 0 Å². The molecule has 35 heavy (non-hydrogen) atoms. The Labute approximate surface area is 206 Å². The number of pyridine rings is 1. The van der Waals surface area contributed by atoms with Gasteiger partial charge in [0.2, 0.25) is 0 Å². The summed E-state index contributed by atoms with van der Waals surface area (Å²) in [5.74, 6) is 2.45. The molecule has 0 radical (unpaired) electrons. The van der Waals surface area contributed by atoms with Gasteiger partial charge in [0, 0.05) is 68.2 Å². The highest BCUT2D eigenvalue weighted by Gasteiger charge is 2.31. The van der Waals surface area contributed by atoms with Gasteiger partial charge in [-0.2, -0.15) is 0 Å². The maximum atomic E-state index is 11.6. The van der Waals surface area contributed by atoms with Gasteiger partial charge in [-0.05, 0) is 35.1 Å². The first-order valence-corrected chi connectivity index (χ1v) is 13.5. The summed E-state index contributed by atoms with van der Waals surface area (Å²) >= 11 is 0. The first-order chi connectivity index (χ1) is 16.7. The van der Waals surface area contributed by atoms with Crippen LogP contribution < -0.4 is 16.0 Å². The highest BCUT2D eigenvalue weighted by molar-refractivity contribution is 7.90. The van der Waals surface area contributed by atoms with Gasteiger partial charge in [0.05, 0.1) is 11.3 Å². The van der Waals surface area contributed by atoms with Gasteiger partial charge in [0.15, 0.2) is 5.82 Å². The Morgan fingerprint density at radius 2 is 2.00 bits per heavy atom. The number of benzene rings is 1. The zero-order valence-electron chi connectivity index (χ0n) is 20.4. The SMILES string of the molecule is CN=CC(=CN)c1nccc(Nc2cc3c(C(C)C)ccc(N4CC(CS(C)(=O)=O)C4)c3cn2)n1. The molecule has 0 aliphatic carbocycles. The first kappa shape index (κ1) is 24.6. The maximum Gasteiger partial charge on any atom is 0.164 e. The number of nitrogens with zero attached hydrogens (tertiary/aromatic N) is 5. The van der Waals surface area contributed by atoms with Crippen molar-refractivity contribution in [1.82, 2.24) is 15.0 Å². The molecule has 1 aliphatic heterocycles. The zero-order valence-corrected chi connectivity index (χ0v) is 21.2. The number of aromatic nitrogens is 3. The van der Waals surface area contributed by atoms with Crippen molar-refractivity contribution in [2.75, 3.05) is 42.4 Å². The van der Waals surface area contributed by atoms with E-state index >= 15 is 0 Å². The van der Waals surface area contributed by atoms with Crippen LogP contribution in [0.25, 0.3) is 16.3 Å². The average Bonchev–Trinajstić information content (AvgIpc) is 2.78. The molecule has 0 amide bonds. The minimum Gasteiger partial charge on any atom is -0.404 e. The van der Waals surface area contributed by atoms with Crippen molar-refractivity contribution in [3.05, 3.63) is 54.2 Å². The molecule has 1 saturated heterocycles. The van der Waals surface area contributed by atoms with E-state index in [-0.39, 0.29) is 11.7 Å². The quantitative estimate of drug-likeness (QED) is 0.457. The Balaban J connectivity index is 1.64. The molecule has 1 aliphatic rings. The van der Waals surface area contributed by atoms with E-state index in [1.165, 1.54) is 18.0 Å². The van der Waals surface area contributed by atoms with E-state index in [0.717, 1.165) is 29.5 Å². The minimum atomic E-state index is -2.97. The number of nitrogens with two attached hydrogens (primary N) is 1. The first-order valence-electron chi connectivity index (χ1n) is 11.5. The molecule has 0 unspecified atom stereocenters. The molecular formula is C25H31N7O2S. The highest BCUT2D eigenvalue weighted by atomic mass is 32.2. The van der Waals surface area contributed by atoms with Crippen LogP contribution in [0, 0.1) is 5.92 Å².